The first kappa shape index (κ1) is 14.9. The van der Waals surface area contributed by atoms with Crippen molar-refractivity contribution >= 4 is 11.0 Å². The highest BCUT2D eigenvalue weighted by molar-refractivity contribution is 5.75. The Labute approximate surface area is 139 Å². The van der Waals surface area contributed by atoms with E-state index in [0.717, 1.165) is 36.5 Å². The quantitative estimate of drug-likeness (QED) is 0.789. The van der Waals surface area contributed by atoms with Crippen molar-refractivity contribution in [1.29, 1.82) is 0 Å². The molecule has 5 heteroatoms. The minimum absolute atomic E-state index is 0.144. The molecule has 1 fully saturated rings. The lowest BCUT2D eigenvalue weighted by Crippen LogP contribution is -2.31. The van der Waals surface area contributed by atoms with Gasteiger partial charge in [-0.1, -0.05) is 24.6 Å². The van der Waals surface area contributed by atoms with Gasteiger partial charge in [-0.15, -0.1) is 0 Å². The second-order valence-electron chi connectivity index (χ2n) is 6.50. The third kappa shape index (κ3) is 2.12. The van der Waals surface area contributed by atoms with Gasteiger partial charge in [-0.2, -0.15) is 0 Å². The number of H-pyrrole nitrogens is 1. The van der Waals surface area contributed by atoms with Gasteiger partial charge < -0.3 is 4.98 Å². The van der Waals surface area contributed by atoms with Crippen LogP contribution >= 0.6 is 0 Å². The monoisotopic (exact) mass is 321 g/mol. The second-order valence-corrected chi connectivity index (χ2v) is 6.50. The van der Waals surface area contributed by atoms with Gasteiger partial charge in [0.25, 0.3) is 5.56 Å². The van der Waals surface area contributed by atoms with Crippen LogP contribution in [0.5, 0.6) is 0 Å². The van der Waals surface area contributed by atoms with Crippen LogP contribution in [-0.4, -0.2) is 14.5 Å². The predicted molar refractivity (Wildman–Crippen MR) is 94.0 cm³/mol. The number of para-hydroxylation sites is 1. The van der Waals surface area contributed by atoms with E-state index in [1.807, 2.05) is 37.3 Å². The number of aryl methyl sites for hydroxylation is 1. The summed E-state index contributed by atoms with van der Waals surface area (Å²) in [5.74, 6) is 1.02. The summed E-state index contributed by atoms with van der Waals surface area (Å²) in [4.78, 5) is 33.7. The lowest BCUT2D eigenvalue weighted by Gasteiger charge is -2.27. The average Bonchev–Trinajstić information content (AvgIpc) is 2.52. The normalized spacial score (nSPS) is 14.8. The van der Waals surface area contributed by atoms with Gasteiger partial charge in [-0.25, -0.2) is 4.98 Å². The Hall–Kier alpha value is -2.69. The number of benzene rings is 1. The molecule has 24 heavy (non-hydrogen) atoms. The molecule has 0 bridgehead atoms. The Balaban J connectivity index is 2.14. The molecule has 5 nitrogen and oxygen atoms in total. The van der Waals surface area contributed by atoms with Crippen LogP contribution in [0, 0.1) is 13.8 Å². The summed E-state index contributed by atoms with van der Waals surface area (Å²) in [5, 5.41) is 0.144. The highest BCUT2D eigenvalue weighted by Crippen LogP contribution is 2.35. The highest BCUT2D eigenvalue weighted by atomic mass is 16.1. The number of hydrogen-bond acceptors (Lipinski definition) is 3. The van der Waals surface area contributed by atoms with Crippen LogP contribution in [0.25, 0.3) is 16.7 Å². The molecule has 122 valence electrons. The van der Waals surface area contributed by atoms with E-state index in [2.05, 4.69) is 4.98 Å². The molecule has 0 radical (unpaired) electrons. The van der Waals surface area contributed by atoms with Crippen LogP contribution in [0.15, 0.2) is 39.9 Å². The molecule has 1 saturated carbocycles. The summed E-state index contributed by atoms with van der Waals surface area (Å²) >= 11 is 0. The smallest absolute Gasteiger partial charge is 0.271 e. The van der Waals surface area contributed by atoms with Crippen molar-refractivity contribution in [3.63, 3.8) is 0 Å². The number of aromatic nitrogens is 3. The number of pyridine rings is 1. The van der Waals surface area contributed by atoms with Gasteiger partial charge >= 0.3 is 0 Å². The summed E-state index contributed by atoms with van der Waals surface area (Å²) < 4.78 is 1.62. The first-order valence-corrected chi connectivity index (χ1v) is 8.29. The van der Waals surface area contributed by atoms with Crippen LogP contribution < -0.4 is 11.0 Å². The van der Waals surface area contributed by atoms with Crippen molar-refractivity contribution in [2.75, 3.05) is 0 Å². The molecule has 2 heterocycles. The lowest BCUT2D eigenvalue weighted by molar-refractivity contribution is 0.394. The Kier molecular flexibility index (Phi) is 3.37. The van der Waals surface area contributed by atoms with Gasteiger partial charge in [-0.05, 0) is 38.8 Å². The fourth-order valence-electron chi connectivity index (χ4n) is 3.23. The maximum absolute atomic E-state index is 13.2. The van der Waals surface area contributed by atoms with Crippen molar-refractivity contribution in [3.05, 3.63) is 68.0 Å². The molecule has 1 aliphatic rings. The van der Waals surface area contributed by atoms with Crippen molar-refractivity contribution in [1.82, 2.24) is 14.5 Å². The largest absolute Gasteiger partial charge is 0.343 e. The summed E-state index contributed by atoms with van der Waals surface area (Å²) in [5.41, 5.74) is 1.98. The van der Waals surface area contributed by atoms with Crippen molar-refractivity contribution in [2.24, 2.45) is 0 Å². The molecular formula is C19H19N3O2. The SMILES string of the molecule is Cc1[nH]c2nc(C3CCC3)n(-c3ccccc3)c(=O)c2c(=O)c1C. The van der Waals surface area contributed by atoms with E-state index >= 15 is 0 Å². The minimum Gasteiger partial charge on any atom is -0.343 e. The molecular weight excluding hydrogens is 302 g/mol. The first-order chi connectivity index (χ1) is 11.6. The second kappa shape index (κ2) is 5.44. The molecule has 0 amide bonds. The Bertz CT molecular complexity index is 1040. The molecule has 3 aromatic rings. The van der Waals surface area contributed by atoms with Crippen LogP contribution in [0.1, 0.15) is 42.3 Å². The van der Waals surface area contributed by atoms with Gasteiger partial charge in [-0.3, -0.25) is 14.2 Å². The van der Waals surface area contributed by atoms with E-state index in [1.165, 1.54) is 0 Å². The summed E-state index contributed by atoms with van der Waals surface area (Å²) in [6.07, 6.45) is 3.20. The van der Waals surface area contributed by atoms with Gasteiger partial charge in [0, 0.05) is 17.2 Å². The summed E-state index contributed by atoms with van der Waals surface area (Å²) in [7, 11) is 0. The van der Waals surface area contributed by atoms with Crippen molar-refractivity contribution in [2.45, 2.75) is 39.0 Å². The van der Waals surface area contributed by atoms with E-state index in [1.54, 1.807) is 11.5 Å². The molecule has 0 atom stereocenters. The van der Waals surface area contributed by atoms with E-state index in [-0.39, 0.29) is 22.3 Å². The Morgan fingerprint density at radius 2 is 1.83 bits per heavy atom. The molecule has 0 saturated heterocycles. The minimum atomic E-state index is -0.280. The number of rotatable bonds is 2. The lowest BCUT2D eigenvalue weighted by atomic mass is 9.84. The molecule has 0 unspecified atom stereocenters. The Morgan fingerprint density at radius 3 is 2.46 bits per heavy atom. The number of nitrogens with zero attached hydrogens (tertiary/aromatic N) is 2. The van der Waals surface area contributed by atoms with Gasteiger partial charge in [0.05, 0.1) is 5.69 Å². The van der Waals surface area contributed by atoms with Crippen LogP contribution in [0.4, 0.5) is 0 Å². The fraction of sp³-hybridized carbons (Fsp3) is 0.316. The van der Waals surface area contributed by atoms with Crippen molar-refractivity contribution in [3.8, 4) is 5.69 Å². The van der Waals surface area contributed by atoms with Gasteiger partial charge in [0.15, 0.2) is 5.43 Å². The van der Waals surface area contributed by atoms with E-state index in [0.29, 0.717) is 11.2 Å². The summed E-state index contributed by atoms with van der Waals surface area (Å²) in [6.45, 7) is 3.57. The molecule has 1 N–H and O–H groups in total. The maximum Gasteiger partial charge on any atom is 0.271 e. The third-order valence-electron chi connectivity index (χ3n) is 5.03. The van der Waals surface area contributed by atoms with Gasteiger partial charge in [0.1, 0.15) is 16.9 Å². The summed E-state index contributed by atoms with van der Waals surface area (Å²) in [6, 6.07) is 9.45. The van der Waals surface area contributed by atoms with E-state index in [9.17, 15) is 9.59 Å². The topological polar surface area (TPSA) is 67.8 Å². The maximum atomic E-state index is 13.2. The zero-order chi connectivity index (χ0) is 16.8. The van der Waals surface area contributed by atoms with Gasteiger partial charge in [0.2, 0.25) is 0 Å². The zero-order valence-electron chi connectivity index (χ0n) is 13.8. The molecule has 0 aliphatic heterocycles. The highest BCUT2D eigenvalue weighted by Gasteiger charge is 2.27. The Morgan fingerprint density at radius 1 is 1.12 bits per heavy atom. The number of nitrogens with one attached hydrogen (secondary N) is 1. The number of hydrogen-bond donors (Lipinski definition) is 1. The van der Waals surface area contributed by atoms with Crippen LogP contribution in [0.3, 0.4) is 0 Å². The van der Waals surface area contributed by atoms with Crippen LogP contribution in [0.2, 0.25) is 0 Å². The number of fused-ring (bicyclic) bond motifs is 1. The third-order valence-corrected chi connectivity index (χ3v) is 5.03. The number of aromatic amines is 1. The standard InChI is InChI=1S/C19H19N3O2/c1-11-12(2)20-17-15(16(11)23)19(24)22(14-9-4-3-5-10-14)18(21-17)13-7-6-8-13/h3-5,9-10,13H,6-8H2,1-2H3,(H,20,23). The van der Waals surface area contributed by atoms with E-state index < -0.39 is 0 Å². The molecule has 1 aromatic carbocycles. The average molecular weight is 321 g/mol. The molecule has 1 aliphatic carbocycles. The first-order valence-electron chi connectivity index (χ1n) is 8.29. The fourth-order valence-corrected chi connectivity index (χ4v) is 3.23. The molecule has 0 spiro atoms. The molecule has 4 rings (SSSR count). The zero-order valence-corrected chi connectivity index (χ0v) is 13.8. The van der Waals surface area contributed by atoms with Crippen molar-refractivity contribution < 1.29 is 0 Å². The van der Waals surface area contributed by atoms with Crippen LogP contribution in [-0.2, 0) is 0 Å². The predicted octanol–water partition coefficient (Wildman–Crippen LogP) is 2.96. The van der Waals surface area contributed by atoms with E-state index in [4.69, 9.17) is 4.98 Å². The molecule has 2 aromatic heterocycles.